The van der Waals surface area contributed by atoms with Gasteiger partial charge in [0.05, 0.1) is 0 Å². The summed E-state index contributed by atoms with van der Waals surface area (Å²) in [5.41, 5.74) is 5.55. The number of aliphatic hydroxyl groups is 1. The van der Waals surface area contributed by atoms with Gasteiger partial charge < -0.3 is 10.8 Å². The van der Waals surface area contributed by atoms with Crippen molar-refractivity contribution in [1.29, 1.82) is 0 Å². The molecule has 2 nitrogen and oxygen atoms in total. The Morgan fingerprint density at radius 2 is 1.92 bits per heavy atom. The van der Waals surface area contributed by atoms with E-state index < -0.39 is 5.60 Å². The van der Waals surface area contributed by atoms with Crippen LogP contribution in [0.5, 0.6) is 0 Å². The zero-order chi connectivity index (χ0) is 9.03. The molecule has 0 aliphatic rings. The number of nitrogens with two attached hydrogens (primary N) is 1. The lowest BCUT2D eigenvalue weighted by Crippen LogP contribution is -2.33. The molecule has 1 rings (SSSR count). The number of hydrogen-bond donors (Lipinski definition) is 2. The lowest BCUT2D eigenvalue weighted by molar-refractivity contribution is 0.0419. The molecule has 1 aromatic carbocycles. The van der Waals surface area contributed by atoms with Crippen molar-refractivity contribution in [3.8, 4) is 0 Å². The van der Waals surface area contributed by atoms with E-state index in [4.69, 9.17) is 5.73 Å². The van der Waals surface area contributed by atoms with Crippen molar-refractivity contribution in [2.24, 2.45) is 5.73 Å². The highest BCUT2D eigenvalue weighted by Gasteiger charge is 2.24. The maximum absolute atomic E-state index is 9.98. The van der Waals surface area contributed by atoms with Crippen molar-refractivity contribution in [3.63, 3.8) is 0 Å². The predicted molar refractivity (Wildman–Crippen MR) is 49.7 cm³/mol. The van der Waals surface area contributed by atoms with Crippen molar-refractivity contribution in [1.82, 2.24) is 0 Å². The van der Waals surface area contributed by atoms with Crippen molar-refractivity contribution < 1.29 is 5.11 Å². The van der Waals surface area contributed by atoms with Gasteiger partial charge in [-0.05, 0) is 12.0 Å². The van der Waals surface area contributed by atoms with E-state index in [9.17, 15) is 5.11 Å². The molecular formula is C10H15NO. The van der Waals surface area contributed by atoms with Gasteiger partial charge in [-0.15, -0.1) is 0 Å². The molecule has 0 fully saturated rings. The smallest absolute Gasteiger partial charge is 0.102 e. The molecule has 0 saturated heterocycles. The van der Waals surface area contributed by atoms with Gasteiger partial charge in [-0.3, -0.25) is 0 Å². The van der Waals surface area contributed by atoms with E-state index in [0.29, 0.717) is 6.42 Å². The molecule has 0 aliphatic heterocycles. The van der Waals surface area contributed by atoms with Crippen LogP contribution in [0.15, 0.2) is 30.3 Å². The van der Waals surface area contributed by atoms with Crippen LogP contribution in [0, 0.1) is 0 Å². The summed E-state index contributed by atoms with van der Waals surface area (Å²) >= 11 is 0. The molecule has 66 valence electrons. The van der Waals surface area contributed by atoms with E-state index in [1.165, 1.54) is 0 Å². The summed E-state index contributed by atoms with van der Waals surface area (Å²) in [6, 6.07) is 9.54. The first-order chi connectivity index (χ1) is 5.73. The van der Waals surface area contributed by atoms with Gasteiger partial charge in [-0.2, -0.15) is 0 Å². The minimum atomic E-state index is -0.846. The van der Waals surface area contributed by atoms with Crippen LogP contribution in [-0.2, 0) is 5.60 Å². The predicted octanol–water partition coefficient (Wildman–Crippen LogP) is 1.24. The molecule has 2 heteroatoms. The maximum Gasteiger partial charge on any atom is 0.102 e. The van der Waals surface area contributed by atoms with Crippen LogP contribution < -0.4 is 5.73 Å². The van der Waals surface area contributed by atoms with Crippen LogP contribution in [0.2, 0.25) is 0 Å². The summed E-state index contributed by atoms with van der Waals surface area (Å²) < 4.78 is 0. The lowest BCUT2D eigenvalue weighted by Gasteiger charge is -2.25. The Hall–Kier alpha value is -0.860. The van der Waals surface area contributed by atoms with Gasteiger partial charge in [-0.1, -0.05) is 37.3 Å². The van der Waals surface area contributed by atoms with Crippen LogP contribution in [0.1, 0.15) is 18.9 Å². The van der Waals surface area contributed by atoms with Crippen molar-refractivity contribution >= 4 is 0 Å². The molecule has 0 aromatic heterocycles. The van der Waals surface area contributed by atoms with Crippen LogP contribution in [0.3, 0.4) is 0 Å². The molecule has 0 heterocycles. The molecule has 0 radical (unpaired) electrons. The fraction of sp³-hybridized carbons (Fsp3) is 0.400. The van der Waals surface area contributed by atoms with Crippen LogP contribution >= 0.6 is 0 Å². The summed E-state index contributed by atoms with van der Waals surface area (Å²) in [5.74, 6) is 0. The third-order valence-corrected chi connectivity index (χ3v) is 2.23. The lowest BCUT2D eigenvalue weighted by atomic mass is 9.91. The second kappa shape index (κ2) is 3.70. The molecule has 3 N–H and O–H groups in total. The number of hydrogen-bond acceptors (Lipinski definition) is 2. The van der Waals surface area contributed by atoms with Crippen molar-refractivity contribution in [3.05, 3.63) is 35.9 Å². The van der Waals surface area contributed by atoms with Crippen molar-refractivity contribution in [2.75, 3.05) is 6.54 Å². The summed E-state index contributed by atoms with van der Waals surface area (Å²) in [5, 5.41) is 9.98. The molecule has 0 spiro atoms. The second-order valence-electron chi connectivity index (χ2n) is 2.96. The molecule has 0 bridgehead atoms. The van der Waals surface area contributed by atoms with Crippen LogP contribution in [-0.4, -0.2) is 11.7 Å². The van der Waals surface area contributed by atoms with Gasteiger partial charge in [-0.25, -0.2) is 0 Å². The van der Waals surface area contributed by atoms with Gasteiger partial charge >= 0.3 is 0 Å². The zero-order valence-electron chi connectivity index (χ0n) is 7.33. The number of benzene rings is 1. The summed E-state index contributed by atoms with van der Waals surface area (Å²) in [4.78, 5) is 0. The fourth-order valence-electron chi connectivity index (χ4n) is 1.21. The van der Waals surface area contributed by atoms with Gasteiger partial charge in [0.15, 0.2) is 0 Å². The molecule has 1 atom stereocenters. The average molecular weight is 165 g/mol. The van der Waals surface area contributed by atoms with Crippen LogP contribution in [0.25, 0.3) is 0 Å². The maximum atomic E-state index is 9.98. The third-order valence-electron chi connectivity index (χ3n) is 2.23. The average Bonchev–Trinajstić information content (AvgIpc) is 2.18. The molecular weight excluding hydrogens is 150 g/mol. The molecule has 1 unspecified atom stereocenters. The first kappa shape index (κ1) is 9.23. The van der Waals surface area contributed by atoms with E-state index >= 15 is 0 Å². The van der Waals surface area contributed by atoms with E-state index in [1.807, 2.05) is 37.3 Å². The van der Waals surface area contributed by atoms with Crippen molar-refractivity contribution in [2.45, 2.75) is 18.9 Å². The Morgan fingerprint density at radius 1 is 1.33 bits per heavy atom. The highest BCUT2D eigenvalue weighted by molar-refractivity contribution is 5.22. The van der Waals surface area contributed by atoms with Gasteiger partial charge in [0, 0.05) is 6.54 Å². The largest absolute Gasteiger partial charge is 0.384 e. The third kappa shape index (κ3) is 1.65. The van der Waals surface area contributed by atoms with Crippen LogP contribution in [0.4, 0.5) is 0 Å². The van der Waals surface area contributed by atoms with Gasteiger partial charge in [0.1, 0.15) is 5.60 Å². The van der Waals surface area contributed by atoms with Gasteiger partial charge in [0.25, 0.3) is 0 Å². The Kier molecular flexibility index (Phi) is 2.84. The molecule has 1 aromatic rings. The van der Waals surface area contributed by atoms with Gasteiger partial charge in [0.2, 0.25) is 0 Å². The minimum Gasteiger partial charge on any atom is -0.384 e. The Balaban J connectivity index is 2.95. The normalized spacial score (nSPS) is 15.6. The molecule has 0 amide bonds. The highest BCUT2D eigenvalue weighted by atomic mass is 16.3. The Morgan fingerprint density at radius 3 is 2.33 bits per heavy atom. The minimum absolute atomic E-state index is 0.271. The van der Waals surface area contributed by atoms with E-state index in [1.54, 1.807) is 0 Å². The SMILES string of the molecule is CCC(O)(CN)c1ccccc1. The molecule has 0 aliphatic carbocycles. The highest BCUT2D eigenvalue weighted by Crippen LogP contribution is 2.22. The first-order valence-corrected chi connectivity index (χ1v) is 4.21. The van der Waals surface area contributed by atoms with E-state index in [-0.39, 0.29) is 6.54 Å². The fourth-order valence-corrected chi connectivity index (χ4v) is 1.21. The Bertz CT molecular complexity index is 229. The zero-order valence-corrected chi connectivity index (χ0v) is 7.33. The standard InChI is InChI=1S/C10H15NO/c1-2-10(12,8-11)9-6-4-3-5-7-9/h3-7,12H,2,8,11H2,1H3. The quantitative estimate of drug-likeness (QED) is 0.708. The first-order valence-electron chi connectivity index (χ1n) is 4.21. The number of rotatable bonds is 3. The molecule has 12 heavy (non-hydrogen) atoms. The topological polar surface area (TPSA) is 46.2 Å². The van der Waals surface area contributed by atoms with E-state index in [0.717, 1.165) is 5.56 Å². The summed E-state index contributed by atoms with van der Waals surface area (Å²) in [6.07, 6.45) is 0.646. The second-order valence-corrected chi connectivity index (χ2v) is 2.96. The van der Waals surface area contributed by atoms with E-state index in [2.05, 4.69) is 0 Å². The monoisotopic (exact) mass is 165 g/mol. The summed E-state index contributed by atoms with van der Waals surface area (Å²) in [7, 11) is 0. The summed E-state index contributed by atoms with van der Waals surface area (Å²) in [6.45, 7) is 2.20. The Labute approximate surface area is 73.0 Å². The molecule has 0 saturated carbocycles.